The number of nitrogens with zero attached hydrogens (tertiary/aromatic N) is 3. The van der Waals surface area contributed by atoms with Crippen molar-refractivity contribution in [1.29, 1.82) is 0 Å². The van der Waals surface area contributed by atoms with Crippen molar-refractivity contribution in [3.8, 4) is 0 Å². The Morgan fingerprint density at radius 1 is 1.08 bits per heavy atom. The van der Waals surface area contributed by atoms with Gasteiger partial charge in [-0.3, -0.25) is 19.4 Å². The first kappa shape index (κ1) is 23.8. The van der Waals surface area contributed by atoms with Gasteiger partial charge < -0.3 is 15.5 Å². The van der Waals surface area contributed by atoms with E-state index >= 15 is 0 Å². The van der Waals surface area contributed by atoms with Crippen molar-refractivity contribution in [2.75, 3.05) is 17.2 Å². The zero-order chi connectivity index (χ0) is 26.0. The second-order valence-electron chi connectivity index (χ2n) is 12.0. The Morgan fingerprint density at radius 2 is 1.84 bits per heavy atom. The van der Waals surface area contributed by atoms with Crippen molar-refractivity contribution in [2.24, 2.45) is 10.4 Å². The number of rotatable bonds is 3. The lowest BCUT2D eigenvalue weighted by Gasteiger charge is -2.38. The maximum atomic E-state index is 13.4. The molecule has 1 fully saturated rings. The SMILES string of the molecule is CC(C)(C)C1=NC2(CCCCC2)N(CC(=O)Nc2ccc3c(c2)CC2(C3)C(=O)Nc3ncccc32)C1=O. The second-order valence-corrected chi connectivity index (χ2v) is 12.0. The molecular weight excluding hydrogens is 466 g/mol. The van der Waals surface area contributed by atoms with Gasteiger partial charge in [-0.25, -0.2) is 4.98 Å². The lowest BCUT2D eigenvalue weighted by molar-refractivity contribution is -0.134. The maximum absolute atomic E-state index is 13.4. The molecule has 1 saturated carbocycles. The molecule has 2 N–H and O–H groups in total. The number of aliphatic imine (C=N–C) groups is 1. The van der Waals surface area contributed by atoms with Gasteiger partial charge in [0.1, 0.15) is 23.7 Å². The molecule has 8 nitrogen and oxygen atoms in total. The second kappa shape index (κ2) is 8.23. The van der Waals surface area contributed by atoms with E-state index in [9.17, 15) is 14.4 Å². The monoisotopic (exact) mass is 499 g/mol. The minimum Gasteiger partial charge on any atom is -0.325 e. The van der Waals surface area contributed by atoms with E-state index in [2.05, 4.69) is 15.6 Å². The van der Waals surface area contributed by atoms with Crippen LogP contribution in [-0.2, 0) is 32.6 Å². The molecule has 0 saturated heterocycles. The molecular formula is C29H33N5O3. The average Bonchev–Trinajstić information content (AvgIpc) is 3.46. The van der Waals surface area contributed by atoms with Crippen molar-refractivity contribution in [1.82, 2.24) is 9.88 Å². The molecule has 2 aliphatic heterocycles. The first-order chi connectivity index (χ1) is 17.6. The topological polar surface area (TPSA) is 104 Å². The molecule has 3 heterocycles. The summed E-state index contributed by atoms with van der Waals surface area (Å²) < 4.78 is 0. The largest absolute Gasteiger partial charge is 0.325 e. The van der Waals surface area contributed by atoms with Crippen molar-refractivity contribution in [3.05, 3.63) is 53.2 Å². The van der Waals surface area contributed by atoms with Gasteiger partial charge in [-0.2, -0.15) is 0 Å². The van der Waals surface area contributed by atoms with Crippen molar-refractivity contribution in [2.45, 2.75) is 76.8 Å². The van der Waals surface area contributed by atoms with E-state index in [-0.39, 0.29) is 29.7 Å². The molecule has 1 atom stereocenters. The van der Waals surface area contributed by atoms with Crippen molar-refractivity contribution in [3.63, 3.8) is 0 Å². The number of hydrogen-bond donors (Lipinski definition) is 2. The quantitative estimate of drug-likeness (QED) is 0.666. The Morgan fingerprint density at radius 3 is 2.59 bits per heavy atom. The molecule has 6 rings (SSSR count). The highest BCUT2D eigenvalue weighted by Crippen LogP contribution is 2.47. The third-order valence-corrected chi connectivity index (χ3v) is 8.40. The van der Waals surface area contributed by atoms with Gasteiger partial charge in [0, 0.05) is 22.9 Å². The van der Waals surface area contributed by atoms with Crippen molar-refractivity contribution >= 4 is 34.9 Å². The van der Waals surface area contributed by atoms with Crippen LogP contribution in [0.1, 0.15) is 69.6 Å². The van der Waals surface area contributed by atoms with E-state index < -0.39 is 11.1 Å². The molecule has 4 aliphatic rings. The Balaban J connectivity index is 1.20. The lowest BCUT2D eigenvalue weighted by atomic mass is 9.79. The van der Waals surface area contributed by atoms with E-state index in [1.165, 1.54) is 0 Å². The fraction of sp³-hybridized carbons (Fsp3) is 0.483. The number of carbonyl (C=O) groups is 3. The Kier molecular flexibility index (Phi) is 5.30. The lowest BCUT2D eigenvalue weighted by Crippen LogP contribution is -2.51. The summed E-state index contributed by atoms with van der Waals surface area (Å²) in [6.07, 6.45) is 7.59. The minimum absolute atomic E-state index is 0.0234. The Labute approximate surface area is 216 Å². The van der Waals surface area contributed by atoms with Crippen LogP contribution in [0, 0.1) is 5.41 Å². The summed E-state index contributed by atoms with van der Waals surface area (Å²) in [6.45, 7) is 5.98. The van der Waals surface area contributed by atoms with Gasteiger partial charge >= 0.3 is 0 Å². The van der Waals surface area contributed by atoms with Crippen LogP contribution in [0.3, 0.4) is 0 Å². The molecule has 8 heteroatoms. The smallest absolute Gasteiger partial charge is 0.270 e. The molecule has 37 heavy (non-hydrogen) atoms. The van der Waals surface area contributed by atoms with Crippen LogP contribution < -0.4 is 10.6 Å². The average molecular weight is 500 g/mol. The van der Waals surface area contributed by atoms with Crippen LogP contribution in [-0.4, -0.2) is 45.5 Å². The number of amides is 3. The van der Waals surface area contributed by atoms with E-state index in [1.807, 2.05) is 51.1 Å². The molecule has 1 unspecified atom stereocenters. The predicted molar refractivity (Wildman–Crippen MR) is 141 cm³/mol. The highest BCUT2D eigenvalue weighted by atomic mass is 16.2. The number of aromatic nitrogens is 1. The molecule has 192 valence electrons. The fourth-order valence-corrected chi connectivity index (χ4v) is 6.53. The number of fused-ring (bicyclic) bond motifs is 3. The Bertz CT molecular complexity index is 1350. The minimum atomic E-state index is -0.648. The van der Waals surface area contributed by atoms with Gasteiger partial charge in [-0.1, -0.05) is 39.3 Å². The van der Waals surface area contributed by atoms with Crippen LogP contribution in [0.25, 0.3) is 0 Å². The predicted octanol–water partition coefficient (Wildman–Crippen LogP) is 4.00. The normalized spacial score (nSPS) is 23.8. The number of anilines is 2. The van der Waals surface area contributed by atoms with Crippen molar-refractivity contribution < 1.29 is 14.4 Å². The highest BCUT2D eigenvalue weighted by Gasteiger charge is 2.52. The summed E-state index contributed by atoms with van der Waals surface area (Å²) in [6, 6.07) is 9.67. The first-order valence-corrected chi connectivity index (χ1v) is 13.2. The third-order valence-electron chi connectivity index (χ3n) is 8.40. The van der Waals surface area contributed by atoms with Crippen LogP contribution in [0.4, 0.5) is 11.5 Å². The van der Waals surface area contributed by atoms with Crippen LogP contribution in [0.2, 0.25) is 0 Å². The molecule has 0 radical (unpaired) electrons. The van der Waals surface area contributed by atoms with E-state index in [1.54, 1.807) is 11.1 Å². The summed E-state index contributed by atoms with van der Waals surface area (Å²) in [5, 5.41) is 5.94. The number of pyridine rings is 1. The van der Waals surface area contributed by atoms with Gasteiger partial charge in [0.15, 0.2) is 0 Å². The molecule has 2 spiro atoms. The molecule has 1 aromatic carbocycles. The molecule has 2 aliphatic carbocycles. The van der Waals surface area contributed by atoms with Gasteiger partial charge in [0.25, 0.3) is 5.91 Å². The molecule has 0 bridgehead atoms. The van der Waals surface area contributed by atoms with Gasteiger partial charge in [0.05, 0.1) is 5.41 Å². The van der Waals surface area contributed by atoms with E-state index in [0.717, 1.165) is 48.8 Å². The van der Waals surface area contributed by atoms with Crippen LogP contribution in [0.15, 0.2) is 41.5 Å². The molecule has 3 amide bonds. The van der Waals surface area contributed by atoms with Crippen LogP contribution >= 0.6 is 0 Å². The summed E-state index contributed by atoms with van der Waals surface area (Å²) in [4.78, 5) is 50.6. The maximum Gasteiger partial charge on any atom is 0.270 e. The van der Waals surface area contributed by atoms with E-state index in [0.29, 0.717) is 30.1 Å². The van der Waals surface area contributed by atoms with E-state index in [4.69, 9.17) is 4.99 Å². The van der Waals surface area contributed by atoms with Gasteiger partial charge in [0.2, 0.25) is 11.8 Å². The zero-order valence-electron chi connectivity index (χ0n) is 21.7. The molecule has 1 aromatic heterocycles. The number of nitrogens with one attached hydrogen (secondary N) is 2. The Hall–Kier alpha value is -3.55. The zero-order valence-corrected chi connectivity index (χ0v) is 21.7. The van der Waals surface area contributed by atoms with Crippen LogP contribution in [0.5, 0.6) is 0 Å². The summed E-state index contributed by atoms with van der Waals surface area (Å²) >= 11 is 0. The summed E-state index contributed by atoms with van der Waals surface area (Å²) in [7, 11) is 0. The summed E-state index contributed by atoms with van der Waals surface area (Å²) in [5.41, 5.74) is 2.70. The number of hydrogen-bond acceptors (Lipinski definition) is 5. The molecule has 2 aromatic rings. The van der Waals surface area contributed by atoms with Gasteiger partial charge in [-0.15, -0.1) is 0 Å². The number of benzene rings is 1. The third kappa shape index (κ3) is 3.76. The van der Waals surface area contributed by atoms with Gasteiger partial charge in [-0.05, 0) is 67.9 Å². The first-order valence-electron chi connectivity index (χ1n) is 13.2. The summed E-state index contributed by atoms with van der Waals surface area (Å²) in [5.74, 6) is 0.255. The highest BCUT2D eigenvalue weighted by molar-refractivity contribution is 6.42. The standard InChI is InChI=1S/C29H33N5O3/c1-27(2,3)23-25(36)34(29(33-23)11-5-4-6-12-29)17-22(35)31-20-10-9-18-15-28(16-19(18)14-20)21-8-7-13-30-24(21)32-26(28)37/h7-10,13-14H,4-6,11-12,15-17H2,1-3H3,(H,31,35)(H,30,32,37). The fourth-order valence-electron chi connectivity index (χ4n) is 6.53. The number of carbonyl (C=O) groups excluding carboxylic acids is 3.